The van der Waals surface area contributed by atoms with Gasteiger partial charge in [0.2, 0.25) is 5.91 Å². The standard InChI is InChI=1S/C16H18BrN3O/c1-10(2)19-13-6-7-20(16(13)21)14-5-3-4-11-8-12(17)9-18-15(11)14/h3-5,8-10,13,19H,6-7H2,1-2H3. The molecule has 0 aliphatic carbocycles. The number of aromatic nitrogens is 1. The van der Waals surface area contributed by atoms with Crippen LogP contribution >= 0.6 is 15.9 Å². The van der Waals surface area contributed by atoms with Crippen molar-refractivity contribution in [3.05, 3.63) is 34.9 Å². The van der Waals surface area contributed by atoms with Gasteiger partial charge >= 0.3 is 0 Å². The highest BCUT2D eigenvalue weighted by Gasteiger charge is 2.33. The highest BCUT2D eigenvalue weighted by atomic mass is 79.9. The van der Waals surface area contributed by atoms with Crippen LogP contribution < -0.4 is 10.2 Å². The first-order valence-corrected chi connectivity index (χ1v) is 7.97. The molecular weight excluding hydrogens is 330 g/mol. The lowest BCUT2D eigenvalue weighted by Crippen LogP contribution is -2.41. The number of hydrogen-bond acceptors (Lipinski definition) is 3. The lowest BCUT2D eigenvalue weighted by molar-refractivity contribution is -0.118. The van der Waals surface area contributed by atoms with Crippen LogP contribution in [0, 0.1) is 0 Å². The number of carbonyl (C=O) groups is 1. The van der Waals surface area contributed by atoms with Crippen LogP contribution in [0.25, 0.3) is 10.9 Å². The smallest absolute Gasteiger partial charge is 0.244 e. The van der Waals surface area contributed by atoms with Crippen molar-refractivity contribution in [1.82, 2.24) is 10.3 Å². The zero-order valence-electron chi connectivity index (χ0n) is 12.1. The molecule has 1 unspecified atom stereocenters. The average molecular weight is 348 g/mol. The number of anilines is 1. The number of carbonyl (C=O) groups excluding carboxylic acids is 1. The second kappa shape index (κ2) is 5.73. The second-order valence-corrected chi connectivity index (χ2v) is 6.57. The first kappa shape index (κ1) is 14.5. The predicted octanol–water partition coefficient (Wildman–Crippen LogP) is 3.10. The van der Waals surface area contributed by atoms with Crippen LogP contribution in [0.3, 0.4) is 0 Å². The maximum atomic E-state index is 12.6. The highest BCUT2D eigenvalue weighted by Crippen LogP contribution is 2.30. The van der Waals surface area contributed by atoms with Crippen molar-refractivity contribution >= 4 is 38.4 Å². The molecule has 0 bridgehead atoms. The van der Waals surface area contributed by atoms with E-state index in [2.05, 4.69) is 40.1 Å². The van der Waals surface area contributed by atoms with E-state index in [1.165, 1.54) is 0 Å². The third-order valence-electron chi connectivity index (χ3n) is 3.69. The molecule has 2 heterocycles. The van der Waals surface area contributed by atoms with Crippen LogP contribution in [0.1, 0.15) is 20.3 Å². The number of benzene rings is 1. The molecule has 1 atom stereocenters. The van der Waals surface area contributed by atoms with Gasteiger partial charge in [-0.3, -0.25) is 9.78 Å². The van der Waals surface area contributed by atoms with Gasteiger partial charge in [0.1, 0.15) is 0 Å². The van der Waals surface area contributed by atoms with E-state index < -0.39 is 0 Å². The first-order chi connectivity index (χ1) is 10.1. The highest BCUT2D eigenvalue weighted by molar-refractivity contribution is 9.10. The van der Waals surface area contributed by atoms with Crippen molar-refractivity contribution in [3.8, 4) is 0 Å². The topological polar surface area (TPSA) is 45.2 Å². The summed E-state index contributed by atoms with van der Waals surface area (Å²) in [5.41, 5.74) is 1.78. The minimum Gasteiger partial charge on any atom is -0.309 e. The SMILES string of the molecule is CC(C)NC1CCN(c2cccc3cc(Br)cnc23)C1=O. The minimum atomic E-state index is -0.0873. The van der Waals surface area contributed by atoms with Crippen molar-refractivity contribution < 1.29 is 4.79 Å². The Labute approximate surface area is 132 Å². The Hall–Kier alpha value is -1.46. The number of halogens is 1. The molecule has 1 aliphatic rings. The number of rotatable bonds is 3. The van der Waals surface area contributed by atoms with E-state index in [1.54, 1.807) is 6.20 Å². The molecule has 5 heteroatoms. The van der Waals surface area contributed by atoms with Crippen LogP contribution in [0.4, 0.5) is 5.69 Å². The van der Waals surface area contributed by atoms with Crippen LogP contribution in [0.15, 0.2) is 34.9 Å². The normalized spacial score (nSPS) is 19.0. The van der Waals surface area contributed by atoms with E-state index in [0.29, 0.717) is 6.04 Å². The molecule has 1 aromatic heterocycles. The fourth-order valence-electron chi connectivity index (χ4n) is 2.81. The van der Waals surface area contributed by atoms with Crippen molar-refractivity contribution in [2.75, 3.05) is 11.4 Å². The Balaban J connectivity index is 1.96. The molecule has 1 saturated heterocycles. The quantitative estimate of drug-likeness (QED) is 0.927. The Bertz CT molecular complexity index is 686. The zero-order chi connectivity index (χ0) is 15.0. The summed E-state index contributed by atoms with van der Waals surface area (Å²) in [6.45, 7) is 4.86. The maximum Gasteiger partial charge on any atom is 0.244 e. The van der Waals surface area contributed by atoms with Crippen LogP contribution in [-0.4, -0.2) is 29.5 Å². The zero-order valence-corrected chi connectivity index (χ0v) is 13.7. The summed E-state index contributed by atoms with van der Waals surface area (Å²) in [6.07, 6.45) is 2.61. The van der Waals surface area contributed by atoms with Gasteiger partial charge in [0, 0.05) is 28.6 Å². The molecule has 3 rings (SSSR count). The molecular formula is C16H18BrN3O. The minimum absolute atomic E-state index is 0.0873. The number of para-hydroxylation sites is 1. The second-order valence-electron chi connectivity index (χ2n) is 5.65. The van der Waals surface area contributed by atoms with Crippen LogP contribution in [-0.2, 0) is 4.79 Å². The number of nitrogens with zero attached hydrogens (tertiary/aromatic N) is 2. The molecule has 2 aromatic rings. The molecule has 0 radical (unpaired) electrons. The maximum absolute atomic E-state index is 12.6. The van der Waals surface area contributed by atoms with E-state index in [-0.39, 0.29) is 11.9 Å². The summed E-state index contributed by atoms with van der Waals surface area (Å²) in [6, 6.07) is 8.20. The summed E-state index contributed by atoms with van der Waals surface area (Å²) < 4.78 is 0.944. The summed E-state index contributed by atoms with van der Waals surface area (Å²) in [5, 5.41) is 4.37. The van der Waals surface area contributed by atoms with Crippen molar-refractivity contribution in [2.45, 2.75) is 32.4 Å². The van der Waals surface area contributed by atoms with Crippen LogP contribution in [0.2, 0.25) is 0 Å². The lowest BCUT2D eigenvalue weighted by atomic mass is 10.2. The molecule has 110 valence electrons. The van der Waals surface area contributed by atoms with Crippen molar-refractivity contribution in [1.29, 1.82) is 0 Å². The Morgan fingerprint density at radius 1 is 1.43 bits per heavy atom. The van der Waals surface area contributed by atoms with Gasteiger partial charge < -0.3 is 10.2 Å². The molecule has 21 heavy (non-hydrogen) atoms. The lowest BCUT2D eigenvalue weighted by Gasteiger charge is -2.19. The monoisotopic (exact) mass is 347 g/mol. The van der Waals surface area contributed by atoms with Crippen molar-refractivity contribution in [3.63, 3.8) is 0 Å². The Kier molecular flexibility index (Phi) is 3.95. The third kappa shape index (κ3) is 2.80. The molecule has 1 N–H and O–H groups in total. The molecule has 0 spiro atoms. The summed E-state index contributed by atoms with van der Waals surface area (Å²) in [4.78, 5) is 18.9. The van der Waals surface area contributed by atoms with Gasteiger partial charge in [-0.05, 0) is 34.5 Å². The first-order valence-electron chi connectivity index (χ1n) is 7.18. The number of amides is 1. The van der Waals surface area contributed by atoms with Gasteiger partial charge in [0.05, 0.1) is 17.2 Å². The predicted molar refractivity (Wildman–Crippen MR) is 88.5 cm³/mol. The molecule has 4 nitrogen and oxygen atoms in total. The molecule has 1 aromatic carbocycles. The van der Waals surface area contributed by atoms with Gasteiger partial charge in [0.25, 0.3) is 0 Å². The number of hydrogen-bond donors (Lipinski definition) is 1. The van der Waals surface area contributed by atoms with Gasteiger partial charge in [-0.25, -0.2) is 0 Å². The average Bonchev–Trinajstić information content (AvgIpc) is 2.78. The van der Waals surface area contributed by atoms with Crippen molar-refractivity contribution in [2.24, 2.45) is 0 Å². The molecule has 1 amide bonds. The largest absolute Gasteiger partial charge is 0.309 e. The Morgan fingerprint density at radius 2 is 2.24 bits per heavy atom. The molecule has 0 saturated carbocycles. The number of nitrogens with one attached hydrogen (secondary N) is 1. The third-order valence-corrected chi connectivity index (χ3v) is 4.12. The van der Waals surface area contributed by atoms with Crippen LogP contribution in [0.5, 0.6) is 0 Å². The van der Waals surface area contributed by atoms with E-state index >= 15 is 0 Å². The van der Waals surface area contributed by atoms with E-state index in [9.17, 15) is 4.79 Å². The van der Waals surface area contributed by atoms with E-state index in [1.807, 2.05) is 29.2 Å². The summed E-state index contributed by atoms with van der Waals surface area (Å²) in [7, 11) is 0. The fourth-order valence-corrected chi connectivity index (χ4v) is 3.16. The van der Waals surface area contributed by atoms with Gasteiger partial charge in [-0.1, -0.05) is 26.0 Å². The van der Waals surface area contributed by atoms with E-state index in [0.717, 1.165) is 34.0 Å². The van der Waals surface area contributed by atoms with Gasteiger partial charge in [0.15, 0.2) is 0 Å². The fraction of sp³-hybridized carbons (Fsp3) is 0.375. The molecule has 1 fully saturated rings. The molecule has 1 aliphatic heterocycles. The number of fused-ring (bicyclic) bond motifs is 1. The number of pyridine rings is 1. The van der Waals surface area contributed by atoms with E-state index in [4.69, 9.17) is 0 Å². The van der Waals surface area contributed by atoms with Gasteiger partial charge in [-0.2, -0.15) is 0 Å². The Morgan fingerprint density at radius 3 is 3.00 bits per heavy atom. The summed E-state index contributed by atoms with van der Waals surface area (Å²) in [5.74, 6) is 0.140. The van der Waals surface area contributed by atoms with Gasteiger partial charge in [-0.15, -0.1) is 0 Å². The summed E-state index contributed by atoms with van der Waals surface area (Å²) >= 11 is 3.44.